The van der Waals surface area contributed by atoms with Crippen LogP contribution in [0.3, 0.4) is 0 Å². The highest BCUT2D eigenvalue weighted by Crippen LogP contribution is 2.35. The number of anilines is 2. The molecular formula is C14H10BrCl2FN2O. The van der Waals surface area contributed by atoms with E-state index in [0.717, 1.165) is 0 Å². The molecule has 1 amide bonds. The summed E-state index contributed by atoms with van der Waals surface area (Å²) in [5.74, 6) is -0.737. The first-order valence-corrected chi connectivity index (χ1v) is 7.45. The standard InChI is InChI=1S/C14H10BrCl2FN2O/c15-10-4-5-11(14(17)13(10)16)19-7-12(21)20-9-3-1-2-8(18)6-9/h1-6,19H,7H2,(H,20,21). The van der Waals surface area contributed by atoms with E-state index in [0.29, 0.717) is 25.9 Å². The van der Waals surface area contributed by atoms with Crippen LogP contribution < -0.4 is 10.6 Å². The first kappa shape index (κ1) is 16.1. The maximum atomic E-state index is 13.0. The number of carbonyl (C=O) groups excluding carboxylic acids is 1. The molecule has 2 rings (SSSR count). The van der Waals surface area contributed by atoms with Gasteiger partial charge in [-0.2, -0.15) is 0 Å². The van der Waals surface area contributed by atoms with Crippen molar-refractivity contribution in [3.63, 3.8) is 0 Å². The summed E-state index contributed by atoms with van der Waals surface area (Å²) in [4.78, 5) is 11.8. The average molecular weight is 392 g/mol. The number of rotatable bonds is 4. The fourth-order valence-electron chi connectivity index (χ4n) is 1.61. The molecule has 7 heteroatoms. The van der Waals surface area contributed by atoms with Gasteiger partial charge in [0.1, 0.15) is 5.82 Å². The lowest BCUT2D eigenvalue weighted by molar-refractivity contribution is -0.114. The number of hydrogen-bond acceptors (Lipinski definition) is 2. The van der Waals surface area contributed by atoms with Crippen LogP contribution in [0.25, 0.3) is 0 Å². The molecule has 110 valence electrons. The van der Waals surface area contributed by atoms with Crippen molar-refractivity contribution in [2.45, 2.75) is 0 Å². The molecule has 0 unspecified atom stereocenters. The van der Waals surface area contributed by atoms with Gasteiger partial charge in [-0.05, 0) is 46.3 Å². The van der Waals surface area contributed by atoms with E-state index in [1.54, 1.807) is 18.2 Å². The average Bonchev–Trinajstić information content (AvgIpc) is 2.44. The highest BCUT2D eigenvalue weighted by Gasteiger charge is 2.09. The van der Waals surface area contributed by atoms with Crippen LogP contribution in [-0.4, -0.2) is 12.5 Å². The molecule has 0 aromatic heterocycles. The zero-order chi connectivity index (χ0) is 15.4. The van der Waals surface area contributed by atoms with Crippen LogP contribution in [0.4, 0.5) is 15.8 Å². The fraction of sp³-hybridized carbons (Fsp3) is 0.0714. The second kappa shape index (κ2) is 7.11. The van der Waals surface area contributed by atoms with Gasteiger partial charge in [0, 0.05) is 10.2 Å². The number of benzene rings is 2. The van der Waals surface area contributed by atoms with E-state index in [-0.39, 0.29) is 12.5 Å². The summed E-state index contributed by atoms with van der Waals surface area (Å²) < 4.78 is 13.7. The summed E-state index contributed by atoms with van der Waals surface area (Å²) in [6.07, 6.45) is 0. The lowest BCUT2D eigenvalue weighted by Gasteiger charge is -2.10. The quantitative estimate of drug-likeness (QED) is 0.724. The Morgan fingerprint density at radius 1 is 1.19 bits per heavy atom. The number of hydrogen-bond donors (Lipinski definition) is 2. The summed E-state index contributed by atoms with van der Waals surface area (Å²) in [6, 6.07) is 9.09. The molecule has 21 heavy (non-hydrogen) atoms. The summed E-state index contributed by atoms with van der Waals surface area (Å²) >= 11 is 15.3. The molecule has 0 fully saturated rings. The highest BCUT2D eigenvalue weighted by atomic mass is 79.9. The molecule has 0 atom stereocenters. The van der Waals surface area contributed by atoms with Crippen LogP contribution >= 0.6 is 39.1 Å². The second-order valence-corrected chi connectivity index (χ2v) is 5.75. The molecule has 2 N–H and O–H groups in total. The van der Waals surface area contributed by atoms with Gasteiger partial charge in [0.2, 0.25) is 5.91 Å². The van der Waals surface area contributed by atoms with Crippen molar-refractivity contribution in [2.24, 2.45) is 0 Å². The van der Waals surface area contributed by atoms with E-state index in [2.05, 4.69) is 26.6 Å². The topological polar surface area (TPSA) is 41.1 Å². The minimum Gasteiger partial charge on any atom is -0.375 e. The van der Waals surface area contributed by atoms with Gasteiger partial charge < -0.3 is 10.6 Å². The molecule has 0 aliphatic heterocycles. The van der Waals surface area contributed by atoms with Crippen molar-refractivity contribution in [1.82, 2.24) is 0 Å². The van der Waals surface area contributed by atoms with Gasteiger partial charge in [0.15, 0.2) is 0 Å². The third kappa shape index (κ3) is 4.33. The Balaban J connectivity index is 1.97. The number of nitrogens with one attached hydrogen (secondary N) is 2. The Labute approximate surface area is 139 Å². The largest absolute Gasteiger partial charge is 0.375 e. The third-order valence-electron chi connectivity index (χ3n) is 2.58. The Bertz CT molecular complexity index is 682. The molecule has 0 aliphatic rings. The zero-order valence-electron chi connectivity index (χ0n) is 10.6. The number of carbonyl (C=O) groups is 1. The molecule has 3 nitrogen and oxygen atoms in total. The maximum Gasteiger partial charge on any atom is 0.243 e. The SMILES string of the molecule is O=C(CNc1ccc(Br)c(Cl)c1Cl)Nc1cccc(F)c1. The molecule has 0 saturated carbocycles. The van der Waals surface area contributed by atoms with Gasteiger partial charge >= 0.3 is 0 Å². The normalized spacial score (nSPS) is 10.3. The van der Waals surface area contributed by atoms with Crippen molar-refractivity contribution in [3.05, 3.63) is 56.7 Å². The Morgan fingerprint density at radius 2 is 1.95 bits per heavy atom. The van der Waals surface area contributed by atoms with Gasteiger partial charge in [-0.1, -0.05) is 29.3 Å². The van der Waals surface area contributed by atoms with Gasteiger partial charge in [-0.15, -0.1) is 0 Å². The molecule has 0 heterocycles. The van der Waals surface area contributed by atoms with Crippen LogP contribution in [0.15, 0.2) is 40.9 Å². The summed E-state index contributed by atoms with van der Waals surface area (Å²) in [6.45, 7) is -0.0196. The molecule has 0 aliphatic carbocycles. The molecule has 2 aromatic carbocycles. The van der Waals surface area contributed by atoms with E-state index < -0.39 is 5.82 Å². The Morgan fingerprint density at radius 3 is 2.67 bits per heavy atom. The van der Waals surface area contributed by atoms with E-state index in [9.17, 15) is 9.18 Å². The van der Waals surface area contributed by atoms with Crippen LogP contribution in [0.5, 0.6) is 0 Å². The minimum atomic E-state index is -0.413. The first-order chi connectivity index (χ1) is 9.97. The van der Waals surface area contributed by atoms with Crippen LogP contribution in [0.2, 0.25) is 10.0 Å². The monoisotopic (exact) mass is 390 g/mol. The van der Waals surface area contributed by atoms with Gasteiger partial charge in [-0.25, -0.2) is 4.39 Å². The van der Waals surface area contributed by atoms with Crippen molar-refractivity contribution < 1.29 is 9.18 Å². The first-order valence-electron chi connectivity index (χ1n) is 5.90. The molecule has 0 spiro atoms. The predicted octanol–water partition coefficient (Wildman–Crippen LogP) is 4.95. The van der Waals surface area contributed by atoms with Crippen LogP contribution in [-0.2, 0) is 4.79 Å². The number of amides is 1. The summed E-state index contributed by atoms with van der Waals surface area (Å²) in [5, 5.41) is 6.14. The molecular weight excluding hydrogens is 382 g/mol. The van der Waals surface area contributed by atoms with Crippen LogP contribution in [0, 0.1) is 5.82 Å². The lowest BCUT2D eigenvalue weighted by atomic mass is 10.3. The minimum absolute atomic E-state index is 0.0196. The molecule has 0 radical (unpaired) electrons. The van der Waals surface area contributed by atoms with Crippen molar-refractivity contribution in [2.75, 3.05) is 17.2 Å². The Hall–Kier alpha value is -1.30. The smallest absolute Gasteiger partial charge is 0.243 e. The van der Waals surface area contributed by atoms with E-state index in [4.69, 9.17) is 23.2 Å². The summed E-state index contributed by atoms with van der Waals surface area (Å²) in [5.41, 5.74) is 0.931. The molecule has 0 saturated heterocycles. The maximum absolute atomic E-state index is 13.0. The van der Waals surface area contributed by atoms with Crippen molar-refractivity contribution in [3.8, 4) is 0 Å². The van der Waals surface area contributed by atoms with Crippen LogP contribution in [0.1, 0.15) is 0 Å². The van der Waals surface area contributed by atoms with E-state index in [1.165, 1.54) is 18.2 Å². The second-order valence-electron chi connectivity index (χ2n) is 4.13. The zero-order valence-corrected chi connectivity index (χ0v) is 13.7. The van der Waals surface area contributed by atoms with E-state index >= 15 is 0 Å². The third-order valence-corrected chi connectivity index (χ3v) is 4.35. The Kier molecular flexibility index (Phi) is 5.45. The van der Waals surface area contributed by atoms with E-state index in [1.807, 2.05) is 0 Å². The van der Waals surface area contributed by atoms with Gasteiger partial charge in [0.05, 0.1) is 22.3 Å². The fourth-order valence-corrected chi connectivity index (χ4v) is 2.45. The number of halogens is 4. The lowest BCUT2D eigenvalue weighted by Crippen LogP contribution is -2.21. The molecule has 0 bridgehead atoms. The van der Waals surface area contributed by atoms with Crippen molar-refractivity contribution in [1.29, 1.82) is 0 Å². The van der Waals surface area contributed by atoms with Gasteiger partial charge in [-0.3, -0.25) is 4.79 Å². The predicted molar refractivity (Wildman–Crippen MR) is 87.7 cm³/mol. The highest BCUT2D eigenvalue weighted by molar-refractivity contribution is 9.10. The van der Waals surface area contributed by atoms with Crippen molar-refractivity contribution >= 4 is 56.4 Å². The molecule has 2 aromatic rings. The summed E-state index contributed by atoms with van der Waals surface area (Å²) in [7, 11) is 0. The van der Waals surface area contributed by atoms with Gasteiger partial charge in [0.25, 0.3) is 0 Å².